The van der Waals surface area contributed by atoms with Crippen LogP contribution in [0, 0.1) is 0 Å². The molecule has 1 saturated heterocycles. The van der Waals surface area contributed by atoms with E-state index in [0.717, 1.165) is 35.2 Å². The molecule has 134 valence electrons. The van der Waals surface area contributed by atoms with Crippen molar-refractivity contribution in [2.45, 2.75) is 18.4 Å². The molecule has 2 aromatic heterocycles. The molecule has 6 heteroatoms. The van der Waals surface area contributed by atoms with Gasteiger partial charge in [-0.3, -0.25) is 0 Å². The maximum absolute atomic E-state index is 12.1. The fourth-order valence-corrected chi connectivity index (χ4v) is 3.66. The molecule has 0 amide bonds. The van der Waals surface area contributed by atoms with Crippen LogP contribution in [0.4, 0.5) is 0 Å². The molecule has 0 atom stereocenters. The lowest BCUT2D eigenvalue weighted by Gasteiger charge is -2.33. The first kappa shape index (κ1) is 16.8. The zero-order valence-corrected chi connectivity index (χ0v) is 14.6. The minimum atomic E-state index is -0.775. The van der Waals surface area contributed by atoms with E-state index in [-0.39, 0.29) is 0 Å². The summed E-state index contributed by atoms with van der Waals surface area (Å²) in [6.07, 6.45) is 4.74. The predicted octanol–water partition coefficient (Wildman–Crippen LogP) is 2.59. The molecule has 0 spiro atoms. The van der Waals surface area contributed by atoms with Crippen molar-refractivity contribution in [1.82, 2.24) is 15.3 Å². The van der Waals surface area contributed by atoms with Crippen molar-refractivity contribution in [1.29, 1.82) is 0 Å². The van der Waals surface area contributed by atoms with Gasteiger partial charge in [0.15, 0.2) is 0 Å². The number of H-pyrrole nitrogens is 1. The van der Waals surface area contributed by atoms with Gasteiger partial charge in [0, 0.05) is 17.8 Å². The smallest absolute Gasteiger partial charge is 0.340 e. The fraction of sp³-hybridized carbons (Fsp3) is 0.300. The average molecular weight is 351 g/mol. The molecular formula is C20H21N3O3. The van der Waals surface area contributed by atoms with Crippen molar-refractivity contribution in [3.8, 4) is 11.1 Å². The minimum Gasteiger partial charge on any atom is -0.465 e. The zero-order valence-electron chi connectivity index (χ0n) is 14.6. The largest absolute Gasteiger partial charge is 0.465 e. The quantitative estimate of drug-likeness (QED) is 0.632. The molecule has 3 N–H and O–H groups in total. The third-order valence-electron chi connectivity index (χ3n) is 5.14. The molecule has 0 saturated carbocycles. The van der Waals surface area contributed by atoms with Crippen LogP contribution in [0.3, 0.4) is 0 Å². The second-order valence-electron chi connectivity index (χ2n) is 6.63. The second-order valence-corrected chi connectivity index (χ2v) is 6.63. The highest BCUT2D eigenvalue weighted by molar-refractivity contribution is 6.09. The summed E-state index contributed by atoms with van der Waals surface area (Å²) in [6, 6.07) is 9.79. The fourth-order valence-electron chi connectivity index (χ4n) is 3.66. The topological polar surface area (TPSA) is 87.2 Å². The number of carbonyl (C=O) groups excluding carboxylic acids is 1. The van der Waals surface area contributed by atoms with Gasteiger partial charge in [0.2, 0.25) is 0 Å². The number of carbonyl (C=O) groups is 1. The van der Waals surface area contributed by atoms with E-state index in [9.17, 15) is 9.90 Å². The first-order valence-corrected chi connectivity index (χ1v) is 8.71. The number of nitrogens with one attached hydrogen (secondary N) is 2. The molecule has 1 aliphatic rings. The molecule has 1 aromatic carbocycles. The van der Waals surface area contributed by atoms with Gasteiger partial charge in [-0.15, -0.1) is 0 Å². The van der Waals surface area contributed by atoms with E-state index >= 15 is 0 Å². The van der Waals surface area contributed by atoms with Crippen LogP contribution in [0.1, 0.15) is 28.8 Å². The van der Waals surface area contributed by atoms with Crippen molar-refractivity contribution < 1.29 is 14.6 Å². The Balaban J connectivity index is 1.76. The van der Waals surface area contributed by atoms with E-state index in [1.165, 1.54) is 7.11 Å². The minimum absolute atomic E-state index is 0.397. The van der Waals surface area contributed by atoms with Gasteiger partial charge in [-0.1, -0.05) is 24.3 Å². The van der Waals surface area contributed by atoms with Gasteiger partial charge in [-0.25, -0.2) is 9.78 Å². The number of aromatic amines is 1. The first-order valence-electron chi connectivity index (χ1n) is 8.71. The first-order chi connectivity index (χ1) is 12.6. The molecule has 4 rings (SSSR count). The summed E-state index contributed by atoms with van der Waals surface area (Å²) in [6.45, 7) is 1.63. The van der Waals surface area contributed by atoms with Gasteiger partial charge in [0.1, 0.15) is 5.65 Å². The maximum atomic E-state index is 12.1. The highest BCUT2D eigenvalue weighted by atomic mass is 16.5. The van der Waals surface area contributed by atoms with E-state index in [0.29, 0.717) is 24.1 Å². The molecule has 0 bridgehead atoms. The lowest BCUT2D eigenvalue weighted by Crippen LogP contribution is -2.39. The van der Waals surface area contributed by atoms with E-state index in [2.05, 4.69) is 15.3 Å². The third-order valence-corrected chi connectivity index (χ3v) is 5.14. The number of esters is 1. The summed E-state index contributed by atoms with van der Waals surface area (Å²) in [4.78, 5) is 19.4. The molecule has 3 aromatic rings. The number of hydrogen-bond donors (Lipinski definition) is 3. The Morgan fingerprint density at radius 3 is 2.62 bits per heavy atom. The van der Waals surface area contributed by atoms with Crippen LogP contribution in [-0.4, -0.2) is 41.2 Å². The number of aromatic nitrogens is 2. The van der Waals surface area contributed by atoms with Gasteiger partial charge >= 0.3 is 5.97 Å². The Morgan fingerprint density at radius 1 is 1.19 bits per heavy atom. The van der Waals surface area contributed by atoms with Crippen LogP contribution in [0.2, 0.25) is 0 Å². The normalized spacial score (nSPS) is 16.5. The molecule has 26 heavy (non-hydrogen) atoms. The van der Waals surface area contributed by atoms with Gasteiger partial charge < -0.3 is 20.1 Å². The Morgan fingerprint density at radius 2 is 1.92 bits per heavy atom. The second kappa shape index (κ2) is 6.55. The predicted molar refractivity (Wildman–Crippen MR) is 98.9 cm³/mol. The molecule has 6 nitrogen and oxygen atoms in total. The monoisotopic (exact) mass is 351 g/mol. The van der Waals surface area contributed by atoms with Crippen LogP contribution in [0.15, 0.2) is 42.7 Å². The summed E-state index contributed by atoms with van der Waals surface area (Å²) in [5.41, 5.74) is 3.12. The average Bonchev–Trinajstić information content (AvgIpc) is 3.12. The van der Waals surface area contributed by atoms with Gasteiger partial charge in [0.25, 0.3) is 0 Å². The summed E-state index contributed by atoms with van der Waals surface area (Å²) in [5.74, 6) is -0.397. The number of fused-ring (bicyclic) bond motifs is 1. The van der Waals surface area contributed by atoms with Crippen molar-refractivity contribution in [2.24, 2.45) is 0 Å². The summed E-state index contributed by atoms with van der Waals surface area (Å²) in [7, 11) is 1.37. The number of pyridine rings is 1. The Bertz CT molecular complexity index is 941. The zero-order chi connectivity index (χ0) is 18.1. The van der Waals surface area contributed by atoms with E-state index in [1.807, 2.05) is 30.3 Å². The van der Waals surface area contributed by atoms with E-state index in [4.69, 9.17) is 4.74 Å². The number of ether oxygens (including phenoxy) is 1. The molecule has 0 aliphatic carbocycles. The van der Waals surface area contributed by atoms with Gasteiger partial charge in [-0.2, -0.15) is 0 Å². The van der Waals surface area contributed by atoms with Crippen molar-refractivity contribution in [3.63, 3.8) is 0 Å². The van der Waals surface area contributed by atoms with Crippen molar-refractivity contribution in [2.75, 3.05) is 20.2 Å². The summed E-state index contributed by atoms with van der Waals surface area (Å²) >= 11 is 0. The molecule has 1 fully saturated rings. The van der Waals surface area contributed by atoms with Crippen molar-refractivity contribution >= 4 is 17.0 Å². The molecule has 0 unspecified atom stereocenters. The van der Waals surface area contributed by atoms with Crippen LogP contribution in [0.25, 0.3) is 22.2 Å². The number of hydrogen-bond acceptors (Lipinski definition) is 5. The Labute approximate surface area is 151 Å². The number of nitrogens with zero attached hydrogens (tertiary/aromatic N) is 1. The van der Waals surface area contributed by atoms with Crippen LogP contribution in [-0.2, 0) is 10.3 Å². The highest BCUT2D eigenvalue weighted by Gasteiger charge is 2.31. The van der Waals surface area contributed by atoms with E-state index < -0.39 is 11.6 Å². The molecule has 0 radical (unpaired) electrons. The van der Waals surface area contributed by atoms with Crippen LogP contribution < -0.4 is 5.32 Å². The number of methoxy groups -OCH3 is 1. The Kier molecular flexibility index (Phi) is 4.22. The highest BCUT2D eigenvalue weighted by Crippen LogP contribution is 2.34. The summed E-state index contributed by atoms with van der Waals surface area (Å²) < 4.78 is 4.88. The van der Waals surface area contributed by atoms with Gasteiger partial charge in [-0.05, 0) is 48.7 Å². The third kappa shape index (κ3) is 2.77. The van der Waals surface area contributed by atoms with Crippen molar-refractivity contribution in [3.05, 3.63) is 53.9 Å². The lowest BCUT2D eigenvalue weighted by atomic mass is 9.84. The molecular weight excluding hydrogens is 330 g/mol. The number of rotatable bonds is 3. The SMILES string of the molecule is COC(=O)c1c[nH]c2nccc(-c3ccc(C4(O)CCNCC4)cc3)c12. The Hall–Kier alpha value is -2.70. The molecule has 1 aliphatic heterocycles. The number of piperidine rings is 1. The number of aliphatic hydroxyl groups is 1. The number of benzene rings is 1. The van der Waals surface area contributed by atoms with Crippen LogP contribution in [0.5, 0.6) is 0 Å². The summed E-state index contributed by atoms with van der Waals surface area (Å²) in [5, 5.41) is 14.9. The standard InChI is InChI=1S/C20H21N3O3/c1-26-19(24)16-12-23-18-17(16)15(6-9-22-18)13-2-4-14(5-3-13)20(25)7-10-21-11-8-20/h2-6,9,12,21,25H,7-8,10-11H2,1H3,(H,22,23). The lowest BCUT2D eigenvalue weighted by molar-refractivity contribution is 0.00595. The van der Waals surface area contributed by atoms with Gasteiger partial charge in [0.05, 0.1) is 18.3 Å². The van der Waals surface area contributed by atoms with Crippen LogP contribution >= 0.6 is 0 Å². The van der Waals surface area contributed by atoms with E-state index in [1.54, 1.807) is 12.4 Å². The maximum Gasteiger partial charge on any atom is 0.340 e. The molecule has 3 heterocycles.